The van der Waals surface area contributed by atoms with Gasteiger partial charge in [0.25, 0.3) is 0 Å². The van der Waals surface area contributed by atoms with Crippen LogP contribution in [0.2, 0.25) is 0 Å². The van der Waals surface area contributed by atoms with Crippen LogP contribution in [0.25, 0.3) is 0 Å². The summed E-state index contributed by atoms with van der Waals surface area (Å²) in [6.07, 6.45) is 1.86. The molecule has 112 valence electrons. The maximum absolute atomic E-state index is 11.9. The lowest BCUT2D eigenvalue weighted by Crippen LogP contribution is -2.56. The highest BCUT2D eigenvalue weighted by Gasteiger charge is 2.31. The molecular formula is C12H25N3O3S. The molecular weight excluding hydrogens is 266 g/mol. The van der Waals surface area contributed by atoms with Crippen LogP contribution in [0.15, 0.2) is 0 Å². The number of carbonyl (C=O) groups is 1. The van der Waals surface area contributed by atoms with E-state index in [2.05, 4.69) is 5.32 Å². The van der Waals surface area contributed by atoms with Gasteiger partial charge >= 0.3 is 0 Å². The Morgan fingerprint density at radius 2 is 1.89 bits per heavy atom. The minimum absolute atomic E-state index is 0.0187. The number of nitrogens with zero attached hydrogens (tertiary/aromatic N) is 1. The predicted octanol–water partition coefficient (Wildman–Crippen LogP) is 0.0441. The molecule has 0 aromatic rings. The fourth-order valence-electron chi connectivity index (χ4n) is 1.97. The molecule has 0 aliphatic carbocycles. The van der Waals surface area contributed by atoms with Crippen LogP contribution in [0, 0.1) is 0 Å². The average molecular weight is 291 g/mol. The summed E-state index contributed by atoms with van der Waals surface area (Å²) in [7, 11) is -3.11. The molecule has 1 amide bonds. The topological polar surface area (TPSA) is 92.5 Å². The van der Waals surface area contributed by atoms with E-state index in [9.17, 15) is 13.2 Å². The van der Waals surface area contributed by atoms with E-state index >= 15 is 0 Å². The fraction of sp³-hybridized carbons (Fsp3) is 0.917. The zero-order valence-electron chi connectivity index (χ0n) is 12.0. The van der Waals surface area contributed by atoms with Crippen LogP contribution < -0.4 is 11.1 Å². The van der Waals surface area contributed by atoms with Gasteiger partial charge in [0.05, 0.1) is 11.3 Å². The third-order valence-electron chi connectivity index (χ3n) is 3.80. The maximum Gasteiger partial charge on any atom is 0.240 e. The molecule has 1 aliphatic heterocycles. The number of nitrogens with two attached hydrogens (primary N) is 1. The Bertz CT molecular complexity index is 412. The highest BCUT2D eigenvalue weighted by molar-refractivity contribution is 7.89. The van der Waals surface area contributed by atoms with E-state index in [1.54, 1.807) is 13.8 Å². The van der Waals surface area contributed by atoms with E-state index in [0.717, 1.165) is 0 Å². The molecule has 3 N–H and O–H groups in total. The average Bonchev–Trinajstić information content (AvgIpc) is 2.39. The molecule has 0 radical (unpaired) electrons. The lowest BCUT2D eigenvalue weighted by molar-refractivity contribution is -0.126. The Morgan fingerprint density at radius 1 is 1.37 bits per heavy atom. The second-order valence-electron chi connectivity index (χ2n) is 5.32. The van der Waals surface area contributed by atoms with Crippen molar-refractivity contribution in [3.63, 3.8) is 0 Å². The molecule has 1 rings (SSSR count). The Hall–Kier alpha value is -0.660. The minimum Gasteiger partial charge on any atom is -0.352 e. The van der Waals surface area contributed by atoms with Gasteiger partial charge in [0, 0.05) is 19.1 Å². The molecule has 7 heteroatoms. The maximum atomic E-state index is 11.9. The SMILES string of the molecule is CCC(C)(N)C(=O)NC1CCN(S(=O)(=O)CC)CC1. The highest BCUT2D eigenvalue weighted by Crippen LogP contribution is 2.15. The normalized spacial score (nSPS) is 21.9. The third-order valence-corrected chi connectivity index (χ3v) is 5.68. The summed E-state index contributed by atoms with van der Waals surface area (Å²) in [6, 6.07) is 0.0187. The quantitative estimate of drug-likeness (QED) is 0.748. The first-order chi connectivity index (χ1) is 8.73. The highest BCUT2D eigenvalue weighted by atomic mass is 32.2. The predicted molar refractivity (Wildman–Crippen MR) is 75.1 cm³/mol. The Labute approximate surface area is 115 Å². The van der Waals surface area contributed by atoms with Gasteiger partial charge in [0.15, 0.2) is 0 Å². The van der Waals surface area contributed by atoms with E-state index in [4.69, 9.17) is 5.73 Å². The first-order valence-corrected chi connectivity index (χ1v) is 8.41. The van der Waals surface area contributed by atoms with Gasteiger partial charge in [-0.2, -0.15) is 0 Å². The van der Waals surface area contributed by atoms with E-state index < -0.39 is 15.6 Å². The molecule has 1 heterocycles. The smallest absolute Gasteiger partial charge is 0.240 e. The van der Waals surface area contributed by atoms with Gasteiger partial charge in [0.1, 0.15) is 0 Å². The third kappa shape index (κ3) is 4.15. The zero-order valence-corrected chi connectivity index (χ0v) is 12.8. The van der Waals surface area contributed by atoms with Crippen LogP contribution in [0.3, 0.4) is 0 Å². The number of hydrogen-bond acceptors (Lipinski definition) is 4. The molecule has 1 aliphatic rings. The number of sulfonamides is 1. The number of piperidine rings is 1. The molecule has 0 aromatic heterocycles. The van der Waals surface area contributed by atoms with Crippen molar-refractivity contribution in [3.05, 3.63) is 0 Å². The van der Waals surface area contributed by atoms with Gasteiger partial charge in [-0.05, 0) is 33.1 Å². The molecule has 0 saturated carbocycles. The molecule has 6 nitrogen and oxygen atoms in total. The first kappa shape index (κ1) is 16.4. The van der Waals surface area contributed by atoms with Crippen molar-refractivity contribution in [2.45, 2.75) is 51.6 Å². The van der Waals surface area contributed by atoms with Crippen molar-refractivity contribution in [1.82, 2.24) is 9.62 Å². The van der Waals surface area contributed by atoms with Crippen molar-refractivity contribution < 1.29 is 13.2 Å². The van der Waals surface area contributed by atoms with Gasteiger partial charge in [-0.15, -0.1) is 0 Å². The van der Waals surface area contributed by atoms with Crippen LogP contribution in [-0.4, -0.2) is 49.1 Å². The number of hydrogen-bond donors (Lipinski definition) is 2. The van der Waals surface area contributed by atoms with E-state index in [0.29, 0.717) is 32.4 Å². The number of nitrogens with one attached hydrogen (secondary N) is 1. The van der Waals surface area contributed by atoms with Crippen molar-refractivity contribution in [3.8, 4) is 0 Å². The van der Waals surface area contributed by atoms with E-state index in [1.165, 1.54) is 4.31 Å². The fourth-order valence-corrected chi connectivity index (χ4v) is 3.10. The largest absolute Gasteiger partial charge is 0.352 e. The Morgan fingerprint density at radius 3 is 2.32 bits per heavy atom. The van der Waals surface area contributed by atoms with Gasteiger partial charge in [-0.3, -0.25) is 4.79 Å². The summed E-state index contributed by atoms with van der Waals surface area (Å²) >= 11 is 0. The van der Waals surface area contributed by atoms with Crippen molar-refractivity contribution >= 4 is 15.9 Å². The molecule has 0 spiro atoms. The van der Waals surface area contributed by atoms with Gasteiger partial charge < -0.3 is 11.1 Å². The molecule has 19 heavy (non-hydrogen) atoms. The summed E-state index contributed by atoms with van der Waals surface area (Å²) in [5.74, 6) is -0.0346. The number of carbonyl (C=O) groups excluding carboxylic acids is 1. The lowest BCUT2D eigenvalue weighted by atomic mass is 9.97. The zero-order chi connectivity index (χ0) is 14.7. The molecule has 0 aromatic carbocycles. The summed E-state index contributed by atoms with van der Waals surface area (Å²) in [5, 5.41) is 2.91. The van der Waals surface area contributed by atoms with E-state index in [1.807, 2.05) is 6.92 Å². The molecule has 1 fully saturated rings. The summed E-state index contributed by atoms with van der Waals surface area (Å²) in [6.45, 7) is 6.16. The van der Waals surface area contributed by atoms with Crippen LogP contribution in [0.4, 0.5) is 0 Å². The summed E-state index contributed by atoms with van der Waals surface area (Å²) in [4.78, 5) is 11.9. The van der Waals surface area contributed by atoms with Gasteiger partial charge in [-0.25, -0.2) is 12.7 Å². The molecule has 1 saturated heterocycles. The number of rotatable bonds is 5. The van der Waals surface area contributed by atoms with Crippen molar-refractivity contribution in [2.75, 3.05) is 18.8 Å². The van der Waals surface area contributed by atoms with Crippen molar-refractivity contribution in [2.24, 2.45) is 5.73 Å². The van der Waals surface area contributed by atoms with Crippen LogP contribution in [0.1, 0.15) is 40.0 Å². The van der Waals surface area contributed by atoms with Crippen LogP contribution in [-0.2, 0) is 14.8 Å². The van der Waals surface area contributed by atoms with Crippen LogP contribution >= 0.6 is 0 Å². The summed E-state index contributed by atoms with van der Waals surface area (Å²) in [5.41, 5.74) is 5.02. The standard InChI is InChI=1S/C12H25N3O3S/c1-4-12(3,13)11(16)14-10-6-8-15(9-7-10)19(17,18)5-2/h10H,4-9,13H2,1-3H3,(H,14,16). The van der Waals surface area contributed by atoms with Crippen LogP contribution in [0.5, 0.6) is 0 Å². The van der Waals surface area contributed by atoms with Crippen molar-refractivity contribution in [1.29, 1.82) is 0 Å². The Kier molecular flexibility index (Phi) is 5.34. The lowest BCUT2D eigenvalue weighted by Gasteiger charge is -2.33. The van der Waals surface area contributed by atoms with E-state index in [-0.39, 0.29) is 17.7 Å². The van der Waals surface area contributed by atoms with Gasteiger partial charge in [-0.1, -0.05) is 6.92 Å². The minimum atomic E-state index is -3.11. The number of amides is 1. The second-order valence-corrected chi connectivity index (χ2v) is 7.58. The van der Waals surface area contributed by atoms with Gasteiger partial charge in [0.2, 0.25) is 15.9 Å². The second kappa shape index (κ2) is 6.19. The molecule has 1 atom stereocenters. The first-order valence-electron chi connectivity index (χ1n) is 6.80. The molecule has 0 bridgehead atoms. The monoisotopic (exact) mass is 291 g/mol. The Balaban J connectivity index is 2.50. The summed E-state index contributed by atoms with van der Waals surface area (Å²) < 4.78 is 24.9. The molecule has 1 unspecified atom stereocenters.